The Hall–Kier alpha value is -1.32. The predicted octanol–water partition coefficient (Wildman–Crippen LogP) is 3.90. The number of hydrogen-bond donors (Lipinski definition) is 0. The minimum absolute atomic E-state index is 0.569. The molecule has 0 aliphatic carbocycles. The quantitative estimate of drug-likeness (QED) is 0.454. The fourth-order valence-electron chi connectivity index (χ4n) is 1.63. The van der Waals surface area contributed by atoms with Crippen molar-refractivity contribution in [2.24, 2.45) is 0 Å². The predicted molar refractivity (Wildman–Crippen MR) is 82.6 cm³/mol. The highest BCUT2D eigenvalue weighted by molar-refractivity contribution is 5.62. The van der Waals surface area contributed by atoms with E-state index in [1.807, 2.05) is 25.1 Å². The molecule has 0 aliphatic heterocycles. The Morgan fingerprint density at radius 1 is 0.950 bits per heavy atom. The van der Waals surface area contributed by atoms with Crippen molar-refractivity contribution in [1.82, 2.24) is 0 Å². The lowest BCUT2D eigenvalue weighted by atomic mass is 10.1. The standard InChI is InChI=1S/C17H26O3/c1-3-4-10-18-11-12-19-13-14-20-15-16(2)17-8-6-5-7-9-17/h5-9,15H,3-4,10-14H2,1-2H3/b16-15+. The van der Waals surface area contributed by atoms with Gasteiger partial charge >= 0.3 is 0 Å². The average Bonchev–Trinajstić information content (AvgIpc) is 2.50. The molecule has 1 aromatic rings. The molecule has 0 spiro atoms. The fraction of sp³-hybridized carbons (Fsp3) is 0.529. The minimum atomic E-state index is 0.569. The first-order valence-corrected chi connectivity index (χ1v) is 7.34. The normalized spacial score (nSPS) is 11.6. The van der Waals surface area contributed by atoms with Gasteiger partial charge in [0.15, 0.2) is 0 Å². The molecule has 0 fully saturated rings. The molecule has 112 valence electrons. The molecule has 0 amide bonds. The second kappa shape index (κ2) is 11.5. The van der Waals surface area contributed by atoms with Gasteiger partial charge in [-0.1, -0.05) is 43.7 Å². The fourth-order valence-corrected chi connectivity index (χ4v) is 1.63. The van der Waals surface area contributed by atoms with Gasteiger partial charge in [0, 0.05) is 6.61 Å². The van der Waals surface area contributed by atoms with Crippen molar-refractivity contribution in [3.63, 3.8) is 0 Å². The summed E-state index contributed by atoms with van der Waals surface area (Å²) < 4.78 is 16.3. The minimum Gasteiger partial charge on any atom is -0.498 e. The molecule has 0 atom stereocenters. The van der Waals surface area contributed by atoms with Crippen LogP contribution in [0.4, 0.5) is 0 Å². The molecule has 0 aliphatic rings. The first-order chi connectivity index (χ1) is 9.84. The average molecular weight is 278 g/mol. The third-order valence-electron chi connectivity index (χ3n) is 2.85. The summed E-state index contributed by atoms with van der Waals surface area (Å²) in [4.78, 5) is 0. The van der Waals surface area contributed by atoms with Crippen LogP contribution < -0.4 is 0 Å². The van der Waals surface area contributed by atoms with Crippen LogP contribution in [0.5, 0.6) is 0 Å². The topological polar surface area (TPSA) is 27.7 Å². The van der Waals surface area contributed by atoms with Gasteiger partial charge in [-0.05, 0) is 24.5 Å². The molecule has 0 saturated heterocycles. The first-order valence-electron chi connectivity index (χ1n) is 7.34. The van der Waals surface area contributed by atoms with Gasteiger partial charge in [0.1, 0.15) is 6.61 Å². The van der Waals surface area contributed by atoms with Gasteiger partial charge < -0.3 is 14.2 Å². The van der Waals surface area contributed by atoms with Crippen LogP contribution in [0.1, 0.15) is 32.3 Å². The van der Waals surface area contributed by atoms with E-state index in [-0.39, 0.29) is 0 Å². The zero-order valence-corrected chi connectivity index (χ0v) is 12.6. The van der Waals surface area contributed by atoms with Crippen molar-refractivity contribution >= 4 is 5.57 Å². The van der Waals surface area contributed by atoms with Gasteiger partial charge in [-0.3, -0.25) is 0 Å². The molecule has 0 bridgehead atoms. The van der Waals surface area contributed by atoms with E-state index < -0.39 is 0 Å². The Bertz CT molecular complexity index is 360. The maximum Gasteiger partial charge on any atom is 0.111 e. The maximum absolute atomic E-state index is 5.47. The van der Waals surface area contributed by atoms with Crippen LogP contribution in [0.25, 0.3) is 5.57 Å². The molecule has 1 aromatic carbocycles. The molecule has 20 heavy (non-hydrogen) atoms. The maximum atomic E-state index is 5.47. The Labute approximate surface area is 122 Å². The van der Waals surface area contributed by atoms with Gasteiger partial charge in [-0.15, -0.1) is 0 Å². The summed E-state index contributed by atoms with van der Waals surface area (Å²) in [5.74, 6) is 0. The Kier molecular flexibility index (Phi) is 9.62. The zero-order chi connectivity index (χ0) is 14.5. The molecular weight excluding hydrogens is 252 g/mol. The van der Waals surface area contributed by atoms with E-state index in [1.54, 1.807) is 6.26 Å². The Morgan fingerprint density at radius 2 is 1.60 bits per heavy atom. The smallest absolute Gasteiger partial charge is 0.111 e. The van der Waals surface area contributed by atoms with Crippen molar-refractivity contribution in [1.29, 1.82) is 0 Å². The molecule has 0 aromatic heterocycles. The Balaban J connectivity index is 1.99. The molecule has 0 heterocycles. The largest absolute Gasteiger partial charge is 0.498 e. The van der Waals surface area contributed by atoms with E-state index >= 15 is 0 Å². The molecule has 1 rings (SSSR count). The summed E-state index contributed by atoms with van der Waals surface area (Å²) in [5, 5.41) is 0. The molecule has 0 N–H and O–H groups in total. The van der Waals surface area contributed by atoms with Crippen LogP contribution in [0.3, 0.4) is 0 Å². The molecule has 3 heteroatoms. The lowest BCUT2D eigenvalue weighted by Gasteiger charge is -2.06. The highest BCUT2D eigenvalue weighted by Gasteiger charge is 1.94. The summed E-state index contributed by atoms with van der Waals surface area (Å²) >= 11 is 0. The molecule has 0 radical (unpaired) electrons. The van der Waals surface area contributed by atoms with Crippen LogP contribution in [0.2, 0.25) is 0 Å². The van der Waals surface area contributed by atoms with Crippen molar-refractivity contribution < 1.29 is 14.2 Å². The van der Waals surface area contributed by atoms with Crippen molar-refractivity contribution in [3.05, 3.63) is 42.2 Å². The second-order valence-corrected chi connectivity index (χ2v) is 4.62. The number of benzene rings is 1. The monoisotopic (exact) mass is 278 g/mol. The highest BCUT2D eigenvalue weighted by atomic mass is 16.5. The molecule has 0 saturated carbocycles. The summed E-state index contributed by atoms with van der Waals surface area (Å²) in [6.45, 7) is 7.48. The van der Waals surface area contributed by atoms with Crippen molar-refractivity contribution in [3.8, 4) is 0 Å². The van der Waals surface area contributed by atoms with E-state index in [9.17, 15) is 0 Å². The Morgan fingerprint density at radius 3 is 2.30 bits per heavy atom. The molecule has 3 nitrogen and oxygen atoms in total. The van der Waals surface area contributed by atoms with Crippen LogP contribution in [-0.2, 0) is 14.2 Å². The van der Waals surface area contributed by atoms with Crippen LogP contribution in [-0.4, -0.2) is 33.0 Å². The number of rotatable bonds is 11. The summed E-state index contributed by atoms with van der Waals surface area (Å²) in [7, 11) is 0. The van der Waals surface area contributed by atoms with E-state index in [1.165, 1.54) is 12.0 Å². The van der Waals surface area contributed by atoms with E-state index in [0.717, 1.165) is 18.6 Å². The summed E-state index contributed by atoms with van der Waals surface area (Å²) in [6.07, 6.45) is 4.07. The third kappa shape index (κ3) is 7.97. The summed E-state index contributed by atoms with van der Waals surface area (Å²) in [5.41, 5.74) is 2.30. The SMILES string of the molecule is CCCCOCCOCCO/C=C(\C)c1ccccc1. The van der Waals surface area contributed by atoms with Crippen LogP contribution in [0, 0.1) is 0 Å². The highest BCUT2D eigenvalue weighted by Crippen LogP contribution is 2.12. The van der Waals surface area contributed by atoms with Gasteiger partial charge in [-0.25, -0.2) is 0 Å². The van der Waals surface area contributed by atoms with Crippen molar-refractivity contribution in [2.75, 3.05) is 33.0 Å². The lowest BCUT2D eigenvalue weighted by Crippen LogP contribution is -2.08. The van der Waals surface area contributed by atoms with Crippen LogP contribution >= 0.6 is 0 Å². The van der Waals surface area contributed by atoms with Crippen molar-refractivity contribution in [2.45, 2.75) is 26.7 Å². The first kappa shape index (κ1) is 16.7. The number of hydrogen-bond acceptors (Lipinski definition) is 3. The van der Waals surface area contributed by atoms with E-state index in [0.29, 0.717) is 26.4 Å². The van der Waals surface area contributed by atoms with E-state index in [2.05, 4.69) is 19.1 Å². The number of ether oxygens (including phenoxy) is 3. The van der Waals surface area contributed by atoms with Crippen LogP contribution in [0.15, 0.2) is 36.6 Å². The van der Waals surface area contributed by atoms with Gasteiger partial charge in [-0.2, -0.15) is 0 Å². The van der Waals surface area contributed by atoms with Gasteiger partial charge in [0.2, 0.25) is 0 Å². The summed E-state index contributed by atoms with van der Waals surface area (Å²) in [6, 6.07) is 10.2. The van der Waals surface area contributed by atoms with E-state index in [4.69, 9.17) is 14.2 Å². The van der Waals surface area contributed by atoms with Gasteiger partial charge in [0.05, 0.1) is 26.1 Å². The second-order valence-electron chi connectivity index (χ2n) is 4.62. The van der Waals surface area contributed by atoms with Gasteiger partial charge in [0.25, 0.3) is 0 Å². The molecular formula is C17H26O3. The number of unbranched alkanes of at least 4 members (excludes halogenated alkanes) is 1. The zero-order valence-electron chi connectivity index (χ0n) is 12.6. The third-order valence-corrected chi connectivity index (χ3v) is 2.85. The lowest BCUT2D eigenvalue weighted by molar-refractivity contribution is 0.0300. The molecule has 0 unspecified atom stereocenters. The number of allylic oxidation sites excluding steroid dienone is 1.